The molecular weight excluding hydrogens is 204 g/mol. The molecule has 0 aliphatic carbocycles. The zero-order chi connectivity index (χ0) is 10.6. The third-order valence-corrected chi connectivity index (χ3v) is 2.09. The zero-order valence-electron chi connectivity index (χ0n) is 8.06. The SMILES string of the molecule is CCOC(=O)Cn1nc(N)nc1SC. The van der Waals surface area contributed by atoms with E-state index >= 15 is 0 Å². The van der Waals surface area contributed by atoms with Crippen LogP contribution in [0.15, 0.2) is 5.16 Å². The molecule has 7 heteroatoms. The molecule has 0 spiro atoms. The molecule has 0 aliphatic rings. The van der Waals surface area contributed by atoms with Crippen LogP contribution in [0.2, 0.25) is 0 Å². The fourth-order valence-corrected chi connectivity index (χ4v) is 1.43. The minimum atomic E-state index is -0.340. The average Bonchev–Trinajstić information content (AvgIpc) is 2.46. The van der Waals surface area contributed by atoms with Crippen LogP contribution in [-0.2, 0) is 16.1 Å². The summed E-state index contributed by atoms with van der Waals surface area (Å²) in [6, 6.07) is 0. The molecule has 1 aromatic heterocycles. The lowest BCUT2D eigenvalue weighted by atomic mass is 10.6. The maximum absolute atomic E-state index is 11.1. The van der Waals surface area contributed by atoms with Gasteiger partial charge in [0.2, 0.25) is 5.95 Å². The summed E-state index contributed by atoms with van der Waals surface area (Å²) in [6.45, 7) is 2.16. The highest BCUT2D eigenvalue weighted by molar-refractivity contribution is 7.98. The van der Waals surface area contributed by atoms with Crippen molar-refractivity contribution in [3.63, 3.8) is 0 Å². The second kappa shape index (κ2) is 4.85. The maximum Gasteiger partial charge on any atom is 0.327 e. The summed E-state index contributed by atoms with van der Waals surface area (Å²) in [5.41, 5.74) is 5.40. The number of carbonyl (C=O) groups excluding carboxylic acids is 1. The average molecular weight is 216 g/mol. The molecule has 0 saturated carbocycles. The van der Waals surface area contributed by atoms with Gasteiger partial charge in [-0.05, 0) is 13.2 Å². The van der Waals surface area contributed by atoms with E-state index < -0.39 is 0 Å². The molecule has 1 rings (SSSR count). The highest BCUT2D eigenvalue weighted by Crippen LogP contribution is 2.12. The Kier molecular flexibility index (Phi) is 3.75. The van der Waals surface area contributed by atoms with E-state index in [1.165, 1.54) is 16.4 Å². The Morgan fingerprint density at radius 2 is 2.43 bits per heavy atom. The van der Waals surface area contributed by atoms with Crippen molar-refractivity contribution in [2.24, 2.45) is 0 Å². The van der Waals surface area contributed by atoms with E-state index in [2.05, 4.69) is 10.1 Å². The van der Waals surface area contributed by atoms with Gasteiger partial charge in [-0.25, -0.2) is 4.68 Å². The van der Waals surface area contributed by atoms with Crippen molar-refractivity contribution >= 4 is 23.7 Å². The number of anilines is 1. The highest BCUT2D eigenvalue weighted by Gasteiger charge is 2.10. The van der Waals surface area contributed by atoms with Gasteiger partial charge in [-0.1, -0.05) is 11.8 Å². The van der Waals surface area contributed by atoms with E-state index in [4.69, 9.17) is 10.5 Å². The minimum Gasteiger partial charge on any atom is -0.465 e. The van der Waals surface area contributed by atoms with E-state index in [1.807, 2.05) is 6.26 Å². The van der Waals surface area contributed by atoms with Gasteiger partial charge in [-0.2, -0.15) is 4.98 Å². The lowest BCUT2D eigenvalue weighted by Crippen LogP contribution is -2.15. The molecule has 14 heavy (non-hydrogen) atoms. The number of hydrogen-bond donors (Lipinski definition) is 1. The molecule has 1 heterocycles. The summed E-state index contributed by atoms with van der Waals surface area (Å²) in [5.74, 6) is -0.175. The lowest BCUT2D eigenvalue weighted by molar-refractivity contribution is -0.144. The van der Waals surface area contributed by atoms with E-state index in [-0.39, 0.29) is 18.5 Å². The number of aromatic nitrogens is 3. The fraction of sp³-hybridized carbons (Fsp3) is 0.571. The quantitative estimate of drug-likeness (QED) is 0.569. The lowest BCUT2D eigenvalue weighted by Gasteiger charge is -2.02. The summed E-state index contributed by atoms with van der Waals surface area (Å²) in [4.78, 5) is 15.1. The smallest absolute Gasteiger partial charge is 0.327 e. The van der Waals surface area contributed by atoms with E-state index in [1.54, 1.807) is 6.92 Å². The van der Waals surface area contributed by atoms with E-state index in [9.17, 15) is 4.79 Å². The summed E-state index contributed by atoms with van der Waals surface area (Å²) in [5, 5.41) is 4.47. The van der Waals surface area contributed by atoms with Crippen molar-refractivity contribution in [1.82, 2.24) is 14.8 Å². The molecule has 0 amide bonds. The third kappa shape index (κ3) is 2.63. The Morgan fingerprint density at radius 1 is 1.71 bits per heavy atom. The van der Waals surface area contributed by atoms with Gasteiger partial charge < -0.3 is 10.5 Å². The normalized spacial score (nSPS) is 10.1. The van der Waals surface area contributed by atoms with Gasteiger partial charge in [-0.3, -0.25) is 4.79 Å². The number of esters is 1. The first-order valence-corrected chi connectivity index (χ1v) is 5.29. The van der Waals surface area contributed by atoms with Crippen molar-refractivity contribution in [2.45, 2.75) is 18.6 Å². The standard InChI is InChI=1S/C7H12N4O2S/c1-3-13-5(12)4-11-7(14-2)9-6(8)10-11/h3-4H2,1-2H3,(H2,8,10). The van der Waals surface area contributed by atoms with Gasteiger partial charge >= 0.3 is 5.97 Å². The van der Waals surface area contributed by atoms with Crippen LogP contribution >= 0.6 is 11.8 Å². The van der Waals surface area contributed by atoms with Crippen LogP contribution in [-0.4, -0.2) is 33.6 Å². The van der Waals surface area contributed by atoms with Crippen molar-refractivity contribution in [2.75, 3.05) is 18.6 Å². The van der Waals surface area contributed by atoms with Gasteiger partial charge in [0.05, 0.1) is 6.61 Å². The molecule has 0 atom stereocenters. The third-order valence-electron chi connectivity index (χ3n) is 1.42. The molecule has 0 radical (unpaired) electrons. The number of hydrogen-bond acceptors (Lipinski definition) is 6. The van der Waals surface area contributed by atoms with Gasteiger partial charge in [0.1, 0.15) is 6.54 Å². The predicted molar refractivity (Wildman–Crippen MR) is 52.8 cm³/mol. The first-order chi connectivity index (χ1) is 6.67. The van der Waals surface area contributed by atoms with Crippen LogP contribution in [0.25, 0.3) is 0 Å². The second-order valence-corrected chi connectivity index (χ2v) is 3.19. The van der Waals surface area contributed by atoms with Gasteiger partial charge in [0.15, 0.2) is 5.16 Å². The Labute approximate surface area is 85.8 Å². The van der Waals surface area contributed by atoms with Gasteiger partial charge in [-0.15, -0.1) is 5.10 Å². The molecule has 0 aromatic carbocycles. The first-order valence-electron chi connectivity index (χ1n) is 4.07. The predicted octanol–water partition coefficient (Wildman–Crippen LogP) is 0.145. The summed E-state index contributed by atoms with van der Waals surface area (Å²) in [7, 11) is 0. The van der Waals surface area contributed by atoms with E-state index in [0.717, 1.165) is 0 Å². The molecule has 1 aromatic rings. The number of nitrogens with zero attached hydrogens (tertiary/aromatic N) is 3. The first kappa shape index (κ1) is 10.8. The minimum absolute atomic E-state index is 0.0498. The molecule has 78 valence electrons. The molecule has 0 unspecified atom stereocenters. The molecule has 0 fully saturated rings. The van der Waals surface area contributed by atoms with Crippen molar-refractivity contribution in [3.8, 4) is 0 Å². The van der Waals surface area contributed by atoms with Gasteiger partial charge in [0.25, 0.3) is 0 Å². The number of nitrogen functional groups attached to an aromatic ring is 1. The van der Waals surface area contributed by atoms with Crippen molar-refractivity contribution in [3.05, 3.63) is 0 Å². The Bertz CT molecular complexity index is 325. The van der Waals surface area contributed by atoms with Crippen LogP contribution in [0.3, 0.4) is 0 Å². The zero-order valence-corrected chi connectivity index (χ0v) is 8.87. The van der Waals surface area contributed by atoms with Crippen molar-refractivity contribution < 1.29 is 9.53 Å². The van der Waals surface area contributed by atoms with Crippen LogP contribution in [0.1, 0.15) is 6.92 Å². The van der Waals surface area contributed by atoms with Crippen LogP contribution in [0.5, 0.6) is 0 Å². The summed E-state index contributed by atoms with van der Waals surface area (Å²) in [6.07, 6.45) is 1.84. The number of thioether (sulfide) groups is 1. The molecule has 0 bridgehead atoms. The Balaban J connectivity index is 2.70. The fourth-order valence-electron chi connectivity index (χ4n) is 0.927. The highest BCUT2D eigenvalue weighted by atomic mass is 32.2. The number of rotatable bonds is 4. The topological polar surface area (TPSA) is 83.0 Å². The van der Waals surface area contributed by atoms with Crippen LogP contribution < -0.4 is 5.73 Å². The molecule has 0 aliphatic heterocycles. The number of nitrogens with two attached hydrogens (primary N) is 1. The maximum atomic E-state index is 11.1. The van der Waals surface area contributed by atoms with Crippen molar-refractivity contribution in [1.29, 1.82) is 0 Å². The monoisotopic (exact) mass is 216 g/mol. The largest absolute Gasteiger partial charge is 0.465 e. The Hall–Kier alpha value is -1.24. The molecular formula is C7H12N4O2S. The van der Waals surface area contributed by atoms with E-state index in [0.29, 0.717) is 11.8 Å². The van der Waals surface area contributed by atoms with Gasteiger partial charge in [0, 0.05) is 0 Å². The second-order valence-electron chi connectivity index (χ2n) is 2.42. The Morgan fingerprint density at radius 3 is 3.00 bits per heavy atom. The summed E-state index contributed by atoms with van der Waals surface area (Å²) < 4.78 is 6.21. The molecule has 6 nitrogen and oxygen atoms in total. The summed E-state index contributed by atoms with van der Waals surface area (Å²) >= 11 is 1.38. The number of carbonyl (C=O) groups is 1. The molecule has 2 N–H and O–H groups in total. The molecule has 0 saturated heterocycles. The van der Waals surface area contributed by atoms with Crippen LogP contribution in [0, 0.1) is 0 Å². The number of ether oxygens (including phenoxy) is 1. The van der Waals surface area contributed by atoms with Crippen LogP contribution in [0.4, 0.5) is 5.95 Å².